The average Bonchev–Trinajstić information content (AvgIpc) is 0.766. The van der Waals surface area contributed by atoms with Crippen molar-refractivity contribution in [2.24, 2.45) is 15.7 Å². The van der Waals surface area contributed by atoms with Gasteiger partial charge in [0.2, 0.25) is 17.7 Å². The summed E-state index contributed by atoms with van der Waals surface area (Å²) in [5.41, 5.74) is 0.0953. The third kappa shape index (κ3) is 27.8. The highest BCUT2D eigenvalue weighted by Gasteiger charge is 2.39. The van der Waals surface area contributed by atoms with Crippen molar-refractivity contribution in [2.75, 3.05) is 79.0 Å². The van der Waals surface area contributed by atoms with E-state index in [0.29, 0.717) is 28.5 Å². The minimum Gasteiger partial charge on any atom is -0.492 e. The van der Waals surface area contributed by atoms with Crippen LogP contribution in [-0.2, 0) is 45.4 Å². The smallest absolute Gasteiger partial charge is 0.349 e. The molecule has 0 radical (unpaired) electrons. The van der Waals surface area contributed by atoms with Crippen molar-refractivity contribution in [2.45, 2.75) is 177 Å². The van der Waals surface area contributed by atoms with Crippen LogP contribution in [0.2, 0.25) is 0 Å². The molecule has 748 valence electrons. The van der Waals surface area contributed by atoms with E-state index >= 15 is 0 Å². The summed E-state index contributed by atoms with van der Waals surface area (Å²) in [5, 5.41) is 250. The summed E-state index contributed by atoms with van der Waals surface area (Å²) in [7, 11) is 0. The van der Waals surface area contributed by atoms with Crippen molar-refractivity contribution in [1.82, 2.24) is 98.5 Å². The summed E-state index contributed by atoms with van der Waals surface area (Å²) in [6.07, 6.45) is -25.8. The number of aliphatic imine (C=N–C) groups is 2. The maximum atomic E-state index is 12.2. The molecule has 62 heteroatoms. The number of nitrogens with two attached hydrogens (primary N) is 1. The first kappa shape index (κ1) is 110. The molecule has 12 rings (SSSR count). The molecule has 0 saturated heterocycles. The highest BCUT2D eigenvalue weighted by Crippen LogP contribution is 2.28. The normalized spacial score (nSPS) is 17.9. The number of aromatic amines is 5. The standard InChI is InChI=1S/C13H20N4O6.C13H18N4O6.C13H19N3O7.C12H16N4O7.C12H16N4O6.C11H14N4O7/c14-2-6-3-17(4-8(19)12(22)9(20)5-18)7-1-10(21)16-13(23)11(7)15-6;1-5-6(2)17(3-7(19)10(21)8(20)4-18)11-9(14-5)12(22)16-13(23)15-11;17-4-6-2-16(3-8(19)12(22)9(20)5-18)7-1-10(21)15-13(23)11(7)14-6;1-4-11(22)16(2-5(18)8(20)6(19)3-17)9-7(13-4)10(21)15-12(23)14-9;1-5-2-16(3-6(18)9(20)7(19)4-17)10-8(13-5)11(21)15-12(22)14-10;16-3-5(18)8(20)4(17)1-15-2-6(19)12-7-9(15)13-11(22)14-10(7)21/h8-9,12,18-20,22H,1-5,14H2,(H,16,21,23);7-8,10,18-21H,3-4H2,1-2H3,(H,16,22,23);8-9,12,17-20,22H,1-5H2,(H,15,21,23);5-6,8,17-20H,2-3H2,1H3,(H2,14,15,21,23);2,6-7,9,17-20H,3-4H2,1H3,(H,15,21,22);2,4-5,8,16-20H,1,3H2,(H,14,21,22). The fourth-order valence-corrected chi connectivity index (χ4v) is 13.2. The second-order valence-corrected chi connectivity index (χ2v) is 30.6. The van der Waals surface area contributed by atoms with Crippen LogP contribution >= 0.6 is 0 Å². The lowest BCUT2D eigenvalue weighted by molar-refractivity contribution is -0.131. The Morgan fingerprint density at radius 1 is 0.375 bits per heavy atom. The minimum absolute atomic E-state index is 0.0238. The minimum atomic E-state index is -1.73. The van der Waals surface area contributed by atoms with Crippen LogP contribution < -0.4 is 66.9 Å². The molecule has 0 spiro atoms. The van der Waals surface area contributed by atoms with Crippen LogP contribution in [0.25, 0.3) is 45.7 Å². The van der Waals surface area contributed by atoms with Gasteiger partial charge in [-0.05, 0) is 27.7 Å². The van der Waals surface area contributed by atoms with Gasteiger partial charge in [0.15, 0.2) is 40.1 Å². The molecule has 10 aliphatic rings. The Hall–Kier alpha value is -12.7. The summed E-state index contributed by atoms with van der Waals surface area (Å²) in [5.74, 6) is -3.22. The number of carbonyl (C=O) groups is 4. The molecule has 2 aromatic rings. The van der Waals surface area contributed by atoms with Gasteiger partial charge < -0.3 is 162 Å². The van der Waals surface area contributed by atoms with Crippen LogP contribution in [0.3, 0.4) is 0 Å². The van der Waals surface area contributed by atoms with Crippen LogP contribution in [0.15, 0.2) is 88.3 Å². The summed E-state index contributed by atoms with van der Waals surface area (Å²) in [6, 6.07) is 0. The number of hydrogen-bond donors (Lipinski definition) is 34. The number of nitrogens with one attached hydrogen (secondary N) is 7. The zero-order chi connectivity index (χ0) is 102. The van der Waals surface area contributed by atoms with Gasteiger partial charge in [0.05, 0.1) is 151 Å². The van der Waals surface area contributed by atoms with Crippen molar-refractivity contribution in [3.63, 3.8) is 0 Å². The third-order valence-corrected chi connectivity index (χ3v) is 20.5. The van der Waals surface area contributed by atoms with Gasteiger partial charge in [0, 0.05) is 31.5 Å². The van der Waals surface area contributed by atoms with Gasteiger partial charge in [-0.2, -0.15) is 15.0 Å². The number of aromatic nitrogens is 16. The molecule has 0 aromatic carbocycles. The van der Waals surface area contributed by atoms with Gasteiger partial charge in [0.1, 0.15) is 120 Å². The van der Waals surface area contributed by atoms with E-state index in [1.165, 1.54) is 32.1 Å². The van der Waals surface area contributed by atoms with Gasteiger partial charge in [-0.15, -0.1) is 0 Å². The lowest BCUT2D eigenvalue weighted by Crippen LogP contribution is -2.50. The Morgan fingerprint density at radius 2 is 0.728 bits per heavy atom. The zero-order valence-electron chi connectivity index (χ0n) is 72.0. The third-order valence-electron chi connectivity index (χ3n) is 20.5. The number of imide groups is 2. The first-order valence-corrected chi connectivity index (χ1v) is 40.3. The second-order valence-electron chi connectivity index (χ2n) is 30.6. The van der Waals surface area contributed by atoms with Gasteiger partial charge in [-0.3, -0.25) is 83.3 Å². The Morgan fingerprint density at radius 3 is 1.12 bits per heavy atom. The number of hydrogen-bond acceptors (Lipinski definition) is 51. The molecule has 0 bridgehead atoms. The van der Waals surface area contributed by atoms with E-state index in [1.807, 2.05) is 19.9 Å². The van der Waals surface area contributed by atoms with Gasteiger partial charge in [-0.25, -0.2) is 49.1 Å². The summed E-state index contributed by atoms with van der Waals surface area (Å²) in [4.78, 5) is 199. The highest BCUT2D eigenvalue weighted by molar-refractivity contribution is 6.11. The van der Waals surface area contributed by atoms with Gasteiger partial charge in [-0.1, -0.05) is 0 Å². The predicted molar refractivity (Wildman–Crippen MR) is 453 cm³/mol. The number of amides is 4. The monoisotopic (exact) mass is 1940 g/mol. The van der Waals surface area contributed by atoms with Crippen molar-refractivity contribution >= 4 is 46.2 Å². The first-order chi connectivity index (χ1) is 63.9. The van der Waals surface area contributed by atoms with E-state index in [9.17, 15) is 164 Å². The van der Waals surface area contributed by atoms with Crippen LogP contribution in [0.1, 0.15) is 35.6 Å². The van der Waals surface area contributed by atoms with Crippen molar-refractivity contribution < 1.29 is 152 Å². The fraction of sp³-hybridized carbons (Fsp3) is 0.541. The van der Waals surface area contributed by atoms with Gasteiger partial charge >= 0.3 is 22.8 Å². The van der Waals surface area contributed by atoms with Crippen LogP contribution in [0, 0.1) is 27.7 Å². The molecule has 2 aromatic heterocycles. The average molecular weight is 1940 g/mol. The number of β-amino-alcohol motifs (C(OH)–C–C–N with tert-alkyl or cyclic N) is 2. The number of H-pyrrole nitrogens is 5. The molecule has 4 amide bonds. The predicted octanol–water partition coefficient (Wildman–Crippen LogP) is -21.6. The van der Waals surface area contributed by atoms with E-state index in [4.69, 9.17) is 36.4 Å². The molecule has 18 atom stereocenters. The van der Waals surface area contributed by atoms with E-state index in [2.05, 4.69) is 60.5 Å². The summed E-state index contributed by atoms with van der Waals surface area (Å²) < 4.78 is 4.55. The Labute approximate surface area is 757 Å². The molecule has 0 aliphatic carbocycles. The van der Waals surface area contributed by atoms with E-state index in [-0.39, 0.29) is 133 Å². The number of carbonyl (C=O) groups excluding carboxylic acids is 4. The van der Waals surface area contributed by atoms with Crippen LogP contribution in [0.5, 0.6) is 5.88 Å². The quantitative estimate of drug-likeness (QED) is 0.0174. The molecule has 18 unspecified atom stereocenters. The second kappa shape index (κ2) is 49.2. The summed E-state index contributed by atoms with van der Waals surface area (Å²) >= 11 is 0. The Bertz CT molecular complexity index is 5920. The van der Waals surface area contributed by atoms with E-state index in [1.54, 1.807) is 20.8 Å². The zero-order valence-corrected chi connectivity index (χ0v) is 72.0. The van der Waals surface area contributed by atoms with E-state index < -0.39 is 249 Å². The topological polar surface area (TPSA) is 1020 Å². The summed E-state index contributed by atoms with van der Waals surface area (Å²) in [6.45, 7) is -0.0897. The van der Waals surface area contributed by atoms with E-state index in [0.717, 1.165) is 15.3 Å². The van der Waals surface area contributed by atoms with Crippen molar-refractivity contribution in [3.05, 3.63) is 152 Å². The molecule has 0 saturated carbocycles. The lowest BCUT2D eigenvalue weighted by Gasteiger charge is -2.36. The van der Waals surface area contributed by atoms with Crippen molar-refractivity contribution in [3.8, 4) is 40.4 Å². The molecule has 10 aliphatic heterocycles. The lowest BCUT2D eigenvalue weighted by atomic mass is 10.0. The molecule has 35 N–H and O–H groups in total. The SMILES string of the molecule is Cc1cn(CC(O)C(O)C(O)CO)c2nc(=O)[nH]c(=O)c-2n1.Cc1nc2c(=O)[nH]c(=O)[nH]c2n(CC(O)C(O)C(O)CO)c1=O.Cc1nc2c(=O)[nH]c(=O)nc-2n(CC(O)C(O)C(O)CO)c1C.NCC1=NC2=C(CC(=O)NC2=O)N(CC(O)C(O)C(O)CO)C1.O=C1CC2=C(N=C(CO)CN2CC(O)C(O)C(O)CO)C(=O)N1.O=c1nc2n(CC(O)C(O)C(O)CO)cc(O)nc-2c(=O)[nH]1. The molecule has 12 heterocycles. The molecular formula is C74H103N23O39. The number of fused-ring (bicyclic) bond motifs is 4. The van der Waals surface area contributed by atoms with Crippen molar-refractivity contribution in [1.29, 1.82) is 0 Å². The number of aliphatic hydroxyl groups excluding tert-OH is 25. The van der Waals surface area contributed by atoms with Crippen LogP contribution in [-0.4, -0.2) is 445 Å². The Kier molecular flexibility index (Phi) is 39.9. The number of rotatable bonds is 32. The highest BCUT2D eigenvalue weighted by atomic mass is 16.4. The maximum Gasteiger partial charge on any atom is 0.349 e. The maximum absolute atomic E-state index is 12.2. The largest absolute Gasteiger partial charge is 0.492 e. The number of aliphatic hydroxyl groups is 25. The number of aromatic hydroxyl groups is 1. The van der Waals surface area contributed by atoms with Crippen LogP contribution in [0.4, 0.5) is 0 Å². The number of nitrogens with zero attached hydrogens (tertiary/aromatic N) is 15. The molecule has 62 nitrogen and oxygen atoms in total. The number of aryl methyl sites for hydroxylation is 3. The molecule has 0 fully saturated rings. The first-order valence-electron chi connectivity index (χ1n) is 40.3. The molecular weight excluding hydrogens is 1830 g/mol. The van der Waals surface area contributed by atoms with Gasteiger partial charge in [0.25, 0.3) is 39.6 Å². The fourth-order valence-electron chi connectivity index (χ4n) is 13.2. The molecule has 136 heavy (non-hydrogen) atoms. The Balaban J connectivity index is 0.000000222.